The lowest BCUT2D eigenvalue weighted by molar-refractivity contribution is 0.628. The molecule has 2 aromatic rings. The van der Waals surface area contributed by atoms with Crippen LogP contribution < -0.4 is 5.32 Å². The molecule has 0 aliphatic heterocycles. The van der Waals surface area contributed by atoms with Gasteiger partial charge in [-0.1, -0.05) is 18.7 Å². The molecule has 4 heteroatoms. The third kappa shape index (κ3) is 2.04. The van der Waals surface area contributed by atoms with Crippen LogP contribution in [0.5, 0.6) is 0 Å². The van der Waals surface area contributed by atoms with Gasteiger partial charge >= 0.3 is 0 Å². The van der Waals surface area contributed by atoms with Gasteiger partial charge in [0.15, 0.2) is 5.82 Å². The van der Waals surface area contributed by atoms with Crippen molar-refractivity contribution in [3.63, 3.8) is 0 Å². The first kappa shape index (κ1) is 9.45. The molecule has 0 amide bonds. The van der Waals surface area contributed by atoms with Crippen LogP contribution in [0, 0.1) is 5.82 Å². The van der Waals surface area contributed by atoms with Gasteiger partial charge in [0, 0.05) is 11.6 Å². The molecule has 0 spiro atoms. The van der Waals surface area contributed by atoms with Crippen molar-refractivity contribution >= 4 is 5.82 Å². The highest BCUT2D eigenvalue weighted by Gasteiger charge is 2.02. The fourth-order valence-electron chi connectivity index (χ4n) is 1.30. The number of nitrogens with one attached hydrogen (secondary N) is 2. The normalized spacial score (nSPS) is 9.93. The minimum Gasteiger partial charge on any atom is -0.346 e. The summed E-state index contributed by atoms with van der Waals surface area (Å²) in [5.41, 5.74) is 1.53. The molecule has 0 aliphatic rings. The van der Waals surface area contributed by atoms with Gasteiger partial charge < -0.3 is 5.32 Å². The number of aromatic nitrogens is 2. The second-order valence-electron chi connectivity index (χ2n) is 3.03. The maximum absolute atomic E-state index is 12.9. The van der Waals surface area contributed by atoms with Crippen LogP contribution >= 0.6 is 0 Å². The molecule has 1 aromatic carbocycles. The third-order valence-corrected chi connectivity index (χ3v) is 1.96. The number of aromatic amines is 1. The van der Waals surface area contributed by atoms with Crippen molar-refractivity contribution in [2.45, 2.75) is 0 Å². The Bertz CT molecular complexity index is 476. The summed E-state index contributed by atoms with van der Waals surface area (Å²) in [4.78, 5) is 0. The zero-order valence-electron chi connectivity index (χ0n) is 8.00. The fraction of sp³-hybridized carbons (Fsp3) is 0. The number of rotatable bonds is 3. The monoisotopic (exact) mass is 203 g/mol. The highest BCUT2D eigenvalue weighted by molar-refractivity contribution is 5.62. The highest BCUT2D eigenvalue weighted by Crippen LogP contribution is 2.20. The summed E-state index contributed by atoms with van der Waals surface area (Å²) in [5.74, 6) is 0.393. The second kappa shape index (κ2) is 3.96. The number of halogens is 1. The Morgan fingerprint density at radius 3 is 3.00 bits per heavy atom. The molecule has 0 aliphatic carbocycles. The van der Waals surface area contributed by atoms with Crippen LogP contribution in [-0.4, -0.2) is 10.2 Å². The third-order valence-electron chi connectivity index (χ3n) is 1.96. The van der Waals surface area contributed by atoms with Gasteiger partial charge in [-0.2, -0.15) is 5.10 Å². The average molecular weight is 203 g/mol. The van der Waals surface area contributed by atoms with E-state index < -0.39 is 0 Å². The molecule has 0 bridgehead atoms. The van der Waals surface area contributed by atoms with Crippen molar-refractivity contribution in [3.8, 4) is 11.3 Å². The number of hydrogen-bond donors (Lipinski definition) is 2. The van der Waals surface area contributed by atoms with E-state index in [0.717, 1.165) is 11.3 Å². The summed E-state index contributed by atoms with van der Waals surface area (Å²) in [6.07, 6.45) is 1.53. The van der Waals surface area contributed by atoms with Crippen molar-refractivity contribution in [1.82, 2.24) is 10.2 Å². The van der Waals surface area contributed by atoms with Crippen LogP contribution in [0.4, 0.5) is 10.2 Å². The molecular weight excluding hydrogens is 193 g/mol. The van der Waals surface area contributed by atoms with E-state index in [2.05, 4.69) is 22.1 Å². The first-order chi connectivity index (χ1) is 7.29. The molecule has 0 atom stereocenters. The Balaban J connectivity index is 2.32. The minimum atomic E-state index is -0.264. The van der Waals surface area contributed by atoms with Crippen LogP contribution in [0.25, 0.3) is 11.3 Å². The number of nitrogens with zero attached hydrogens (tertiary/aromatic N) is 1. The van der Waals surface area contributed by atoms with Crippen molar-refractivity contribution in [3.05, 3.63) is 48.9 Å². The standard InChI is InChI=1S/C11H10FN3/c1-2-13-11-7-10(14-15-11)8-4-3-5-9(12)6-8/h2-7H,1H2,(H2,13,14,15). The highest BCUT2D eigenvalue weighted by atomic mass is 19.1. The van der Waals surface area contributed by atoms with E-state index in [0.29, 0.717) is 5.82 Å². The number of anilines is 1. The number of hydrogen-bond acceptors (Lipinski definition) is 2. The molecule has 0 radical (unpaired) electrons. The Kier molecular flexibility index (Phi) is 2.49. The zero-order valence-corrected chi connectivity index (χ0v) is 8.00. The molecule has 76 valence electrons. The summed E-state index contributed by atoms with van der Waals surface area (Å²) in [5, 5.41) is 9.63. The molecule has 1 heterocycles. The van der Waals surface area contributed by atoms with Crippen LogP contribution in [0.15, 0.2) is 43.1 Å². The van der Waals surface area contributed by atoms with Crippen LogP contribution in [0.1, 0.15) is 0 Å². The Hall–Kier alpha value is -2.10. The van der Waals surface area contributed by atoms with Crippen molar-refractivity contribution in [1.29, 1.82) is 0 Å². The molecule has 2 rings (SSSR count). The second-order valence-corrected chi connectivity index (χ2v) is 3.03. The van der Waals surface area contributed by atoms with Gasteiger partial charge in [-0.25, -0.2) is 4.39 Å². The number of benzene rings is 1. The summed E-state index contributed by atoms with van der Waals surface area (Å²) in [6, 6.07) is 8.12. The number of H-pyrrole nitrogens is 1. The smallest absolute Gasteiger partial charge is 0.152 e. The summed E-state index contributed by atoms with van der Waals surface area (Å²) >= 11 is 0. The van der Waals surface area contributed by atoms with Crippen LogP contribution in [-0.2, 0) is 0 Å². The Morgan fingerprint density at radius 2 is 2.27 bits per heavy atom. The quantitative estimate of drug-likeness (QED) is 0.805. The lowest BCUT2D eigenvalue weighted by Gasteiger charge is -1.95. The van der Waals surface area contributed by atoms with E-state index in [1.54, 1.807) is 12.1 Å². The Labute approximate surface area is 86.6 Å². The SMILES string of the molecule is C=CNc1cc(-c2cccc(F)c2)[nH]n1. The molecule has 2 N–H and O–H groups in total. The van der Waals surface area contributed by atoms with Gasteiger partial charge in [-0.15, -0.1) is 0 Å². The van der Waals surface area contributed by atoms with Crippen molar-refractivity contribution in [2.75, 3.05) is 5.32 Å². The van der Waals surface area contributed by atoms with E-state index in [1.807, 2.05) is 6.07 Å². The predicted molar refractivity (Wildman–Crippen MR) is 57.8 cm³/mol. The van der Waals surface area contributed by atoms with Gasteiger partial charge in [0.2, 0.25) is 0 Å². The van der Waals surface area contributed by atoms with E-state index in [-0.39, 0.29) is 5.82 Å². The maximum Gasteiger partial charge on any atom is 0.152 e. The van der Waals surface area contributed by atoms with Crippen LogP contribution in [0.3, 0.4) is 0 Å². The molecule has 0 saturated heterocycles. The minimum absolute atomic E-state index is 0.264. The summed E-state index contributed by atoms with van der Waals surface area (Å²) in [7, 11) is 0. The summed E-state index contributed by atoms with van der Waals surface area (Å²) < 4.78 is 12.9. The summed E-state index contributed by atoms with van der Waals surface area (Å²) in [6.45, 7) is 3.53. The van der Waals surface area contributed by atoms with Crippen LogP contribution in [0.2, 0.25) is 0 Å². The van der Waals surface area contributed by atoms with E-state index in [1.165, 1.54) is 18.3 Å². The fourth-order valence-corrected chi connectivity index (χ4v) is 1.30. The molecule has 1 aromatic heterocycles. The Morgan fingerprint density at radius 1 is 1.40 bits per heavy atom. The van der Waals surface area contributed by atoms with Crippen molar-refractivity contribution in [2.24, 2.45) is 0 Å². The molecule has 0 fully saturated rings. The lowest BCUT2D eigenvalue weighted by Crippen LogP contribution is -1.84. The van der Waals surface area contributed by atoms with E-state index >= 15 is 0 Å². The van der Waals surface area contributed by atoms with Gasteiger partial charge in [-0.05, 0) is 18.3 Å². The van der Waals surface area contributed by atoms with Gasteiger partial charge in [0.25, 0.3) is 0 Å². The molecule has 0 saturated carbocycles. The molecule has 0 unspecified atom stereocenters. The van der Waals surface area contributed by atoms with E-state index in [4.69, 9.17) is 0 Å². The van der Waals surface area contributed by atoms with Gasteiger partial charge in [-0.3, -0.25) is 5.10 Å². The average Bonchev–Trinajstić information content (AvgIpc) is 2.67. The zero-order chi connectivity index (χ0) is 10.7. The molecule has 15 heavy (non-hydrogen) atoms. The largest absolute Gasteiger partial charge is 0.346 e. The first-order valence-corrected chi connectivity index (χ1v) is 4.48. The lowest BCUT2D eigenvalue weighted by atomic mass is 10.1. The van der Waals surface area contributed by atoms with Crippen molar-refractivity contribution < 1.29 is 4.39 Å². The van der Waals surface area contributed by atoms with Gasteiger partial charge in [0.1, 0.15) is 5.82 Å². The van der Waals surface area contributed by atoms with E-state index in [9.17, 15) is 4.39 Å². The predicted octanol–water partition coefficient (Wildman–Crippen LogP) is 2.77. The first-order valence-electron chi connectivity index (χ1n) is 4.48. The van der Waals surface area contributed by atoms with Gasteiger partial charge in [0.05, 0.1) is 5.69 Å². The maximum atomic E-state index is 12.9. The molecule has 3 nitrogen and oxygen atoms in total. The topological polar surface area (TPSA) is 40.7 Å². The molecular formula is C11H10FN3.